The van der Waals surface area contributed by atoms with Crippen LogP contribution in [-0.4, -0.2) is 59.8 Å². The Kier molecular flexibility index (Phi) is 4.46. The molecule has 4 heteroatoms. The maximum atomic E-state index is 5.65. The summed E-state index contributed by atoms with van der Waals surface area (Å²) in [7, 11) is 0. The molecule has 1 unspecified atom stereocenters. The number of hydrogen-bond acceptors (Lipinski definition) is 3. The van der Waals surface area contributed by atoms with Gasteiger partial charge in [0, 0.05) is 39.3 Å². The Morgan fingerprint density at radius 3 is 2.43 bits per heavy atom. The molecule has 14 heavy (non-hydrogen) atoms. The Balaban J connectivity index is 1.67. The second kappa shape index (κ2) is 5.63. The number of rotatable bonds is 3. The fourth-order valence-electron chi connectivity index (χ4n) is 2.17. The smallest absolute Gasteiger partial charge is 0.0702 e. The summed E-state index contributed by atoms with van der Waals surface area (Å²) in [5, 5.41) is 0. The third-order valence-corrected chi connectivity index (χ3v) is 4.08. The molecular weight excluding hydrogens is 291 g/mol. The Bertz CT molecular complexity index is 166. The van der Waals surface area contributed by atoms with Crippen LogP contribution in [-0.2, 0) is 4.74 Å². The zero-order chi connectivity index (χ0) is 9.80. The van der Waals surface area contributed by atoms with Gasteiger partial charge in [-0.1, -0.05) is 22.6 Å². The summed E-state index contributed by atoms with van der Waals surface area (Å²) < 4.78 is 6.82. The molecule has 2 saturated heterocycles. The fourth-order valence-corrected chi connectivity index (χ4v) is 2.85. The van der Waals surface area contributed by atoms with Crippen molar-refractivity contribution in [1.82, 2.24) is 9.80 Å². The Labute approximate surface area is 99.9 Å². The highest BCUT2D eigenvalue weighted by Gasteiger charge is 2.22. The maximum Gasteiger partial charge on any atom is 0.0702 e. The van der Waals surface area contributed by atoms with E-state index in [2.05, 4.69) is 32.4 Å². The molecule has 2 rings (SSSR count). The second-order valence-corrected chi connectivity index (χ2v) is 4.86. The maximum absolute atomic E-state index is 5.65. The number of alkyl halides is 1. The van der Waals surface area contributed by atoms with Crippen LogP contribution in [0, 0.1) is 0 Å². The van der Waals surface area contributed by atoms with Gasteiger partial charge < -0.3 is 4.74 Å². The van der Waals surface area contributed by atoms with Crippen LogP contribution in [0.4, 0.5) is 0 Å². The van der Waals surface area contributed by atoms with Crippen LogP contribution in [0.2, 0.25) is 0 Å². The molecule has 2 aliphatic rings. The highest BCUT2D eigenvalue weighted by atomic mass is 127. The molecule has 1 atom stereocenters. The quantitative estimate of drug-likeness (QED) is 0.442. The van der Waals surface area contributed by atoms with Crippen molar-refractivity contribution in [3.05, 3.63) is 0 Å². The van der Waals surface area contributed by atoms with Gasteiger partial charge >= 0.3 is 0 Å². The van der Waals surface area contributed by atoms with Gasteiger partial charge in [0.05, 0.1) is 10.7 Å². The lowest BCUT2D eigenvalue weighted by Crippen LogP contribution is -2.47. The standard InChI is InChI=1S/C10H19IN2O/c11-9-13-5-3-12(4-6-13)8-10-2-1-7-14-10/h10H,1-9H2. The number of piperazine rings is 1. The first-order chi connectivity index (χ1) is 6.88. The van der Waals surface area contributed by atoms with Crippen LogP contribution in [0.25, 0.3) is 0 Å². The van der Waals surface area contributed by atoms with E-state index in [-0.39, 0.29) is 0 Å². The molecule has 0 aromatic carbocycles. The Hall–Kier alpha value is 0.610. The molecule has 2 aliphatic heterocycles. The Morgan fingerprint density at radius 1 is 1.14 bits per heavy atom. The second-order valence-electron chi connectivity index (χ2n) is 4.17. The summed E-state index contributed by atoms with van der Waals surface area (Å²) in [4.78, 5) is 5.06. The summed E-state index contributed by atoms with van der Waals surface area (Å²) >= 11 is 2.45. The molecule has 0 aromatic heterocycles. The summed E-state index contributed by atoms with van der Waals surface area (Å²) in [6, 6.07) is 0. The van der Waals surface area contributed by atoms with E-state index in [1.807, 2.05) is 0 Å². The number of nitrogens with zero attached hydrogens (tertiary/aromatic N) is 2. The molecule has 0 bridgehead atoms. The largest absolute Gasteiger partial charge is 0.377 e. The molecule has 2 heterocycles. The molecule has 0 amide bonds. The fraction of sp³-hybridized carbons (Fsp3) is 1.00. The van der Waals surface area contributed by atoms with Crippen LogP contribution in [0.15, 0.2) is 0 Å². The topological polar surface area (TPSA) is 15.7 Å². The first kappa shape index (κ1) is 11.1. The van der Waals surface area contributed by atoms with Crippen molar-refractivity contribution in [2.75, 3.05) is 43.9 Å². The molecule has 0 N–H and O–H groups in total. The van der Waals surface area contributed by atoms with E-state index < -0.39 is 0 Å². The summed E-state index contributed by atoms with van der Waals surface area (Å²) in [5.74, 6) is 0. The van der Waals surface area contributed by atoms with Gasteiger partial charge in [0.25, 0.3) is 0 Å². The molecular formula is C10H19IN2O. The normalized spacial score (nSPS) is 31.1. The zero-order valence-corrected chi connectivity index (χ0v) is 10.8. The predicted molar refractivity (Wildman–Crippen MR) is 65.9 cm³/mol. The zero-order valence-electron chi connectivity index (χ0n) is 8.62. The van der Waals surface area contributed by atoms with Crippen LogP contribution in [0.3, 0.4) is 0 Å². The molecule has 0 spiro atoms. The van der Waals surface area contributed by atoms with Gasteiger partial charge in [0.1, 0.15) is 0 Å². The molecule has 3 nitrogen and oxygen atoms in total. The summed E-state index contributed by atoms with van der Waals surface area (Å²) in [5.41, 5.74) is 0. The van der Waals surface area contributed by atoms with E-state index in [4.69, 9.17) is 4.74 Å². The summed E-state index contributed by atoms with van der Waals surface area (Å²) in [6.07, 6.45) is 3.06. The third kappa shape index (κ3) is 3.05. The van der Waals surface area contributed by atoms with Gasteiger partial charge in [-0.25, -0.2) is 0 Å². The first-order valence-electron chi connectivity index (χ1n) is 5.51. The average Bonchev–Trinajstić information content (AvgIpc) is 2.72. The van der Waals surface area contributed by atoms with Crippen LogP contribution < -0.4 is 0 Å². The highest BCUT2D eigenvalue weighted by Crippen LogP contribution is 2.14. The monoisotopic (exact) mass is 310 g/mol. The van der Waals surface area contributed by atoms with Crippen LogP contribution in [0.1, 0.15) is 12.8 Å². The number of halogens is 1. The van der Waals surface area contributed by atoms with E-state index >= 15 is 0 Å². The van der Waals surface area contributed by atoms with Crippen molar-refractivity contribution in [3.8, 4) is 0 Å². The van der Waals surface area contributed by atoms with Gasteiger partial charge in [-0.05, 0) is 12.8 Å². The van der Waals surface area contributed by atoms with Gasteiger partial charge in [-0.3, -0.25) is 9.80 Å². The average molecular weight is 310 g/mol. The van der Waals surface area contributed by atoms with Gasteiger partial charge in [-0.2, -0.15) is 0 Å². The first-order valence-corrected chi connectivity index (χ1v) is 7.03. The van der Waals surface area contributed by atoms with E-state index in [1.54, 1.807) is 0 Å². The number of hydrogen-bond donors (Lipinski definition) is 0. The molecule has 0 aliphatic carbocycles. The molecule has 0 aromatic rings. The van der Waals surface area contributed by atoms with E-state index in [9.17, 15) is 0 Å². The van der Waals surface area contributed by atoms with E-state index in [1.165, 1.54) is 43.6 Å². The minimum Gasteiger partial charge on any atom is -0.377 e. The highest BCUT2D eigenvalue weighted by molar-refractivity contribution is 14.1. The molecule has 2 fully saturated rings. The van der Waals surface area contributed by atoms with Gasteiger partial charge in [0.2, 0.25) is 0 Å². The lowest BCUT2D eigenvalue weighted by atomic mass is 10.2. The van der Waals surface area contributed by atoms with Gasteiger partial charge in [-0.15, -0.1) is 0 Å². The van der Waals surface area contributed by atoms with E-state index in [0.717, 1.165) is 13.2 Å². The van der Waals surface area contributed by atoms with Crippen molar-refractivity contribution in [2.45, 2.75) is 18.9 Å². The van der Waals surface area contributed by atoms with Crippen molar-refractivity contribution in [2.24, 2.45) is 0 Å². The minimum absolute atomic E-state index is 0.529. The third-order valence-electron chi connectivity index (χ3n) is 3.12. The lowest BCUT2D eigenvalue weighted by Gasteiger charge is -2.34. The molecule has 0 radical (unpaired) electrons. The van der Waals surface area contributed by atoms with Crippen molar-refractivity contribution < 1.29 is 4.74 Å². The Morgan fingerprint density at radius 2 is 1.86 bits per heavy atom. The lowest BCUT2D eigenvalue weighted by molar-refractivity contribution is 0.0546. The van der Waals surface area contributed by atoms with Crippen LogP contribution in [0.5, 0.6) is 0 Å². The van der Waals surface area contributed by atoms with Gasteiger partial charge in [0.15, 0.2) is 0 Å². The number of ether oxygens (including phenoxy) is 1. The van der Waals surface area contributed by atoms with Crippen LogP contribution >= 0.6 is 22.6 Å². The van der Waals surface area contributed by atoms with Crippen molar-refractivity contribution >= 4 is 22.6 Å². The molecule has 0 saturated carbocycles. The van der Waals surface area contributed by atoms with E-state index in [0.29, 0.717) is 6.10 Å². The van der Waals surface area contributed by atoms with Crippen molar-refractivity contribution in [1.29, 1.82) is 0 Å². The predicted octanol–water partition coefficient (Wildman–Crippen LogP) is 1.18. The SMILES string of the molecule is ICN1CCN(CC2CCCO2)CC1. The van der Waals surface area contributed by atoms with Crippen molar-refractivity contribution in [3.63, 3.8) is 0 Å². The summed E-state index contributed by atoms with van der Waals surface area (Å²) in [6.45, 7) is 7.06. The molecule has 82 valence electrons. The minimum atomic E-state index is 0.529.